The molecule has 0 aliphatic heterocycles. The lowest BCUT2D eigenvalue weighted by atomic mass is 10.1. The molecule has 1 aromatic heterocycles. The number of amides is 1. The minimum Gasteiger partial charge on any atom is -0.497 e. The Bertz CT molecular complexity index is 963. The fourth-order valence-corrected chi connectivity index (χ4v) is 2.72. The van der Waals surface area contributed by atoms with Gasteiger partial charge >= 0.3 is 5.97 Å². The number of oxazole rings is 1. The zero-order valence-corrected chi connectivity index (χ0v) is 15.9. The molecule has 1 N–H and O–H groups in total. The number of esters is 1. The molecule has 1 amide bonds. The van der Waals surface area contributed by atoms with E-state index in [1.54, 1.807) is 32.2 Å². The molecule has 0 saturated heterocycles. The quantitative estimate of drug-likeness (QED) is 0.602. The molecular weight excluding hydrogens is 360 g/mol. The van der Waals surface area contributed by atoms with Gasteiger partial charge in [-0.25, -0.2) is 4.98 Å². The van der Waals surface area contributed by atoms with Crippen LogP contribution in [0.4, 0.5) is 0 Å². The van der Waals surface area contributed by atoms with Gasteiger partial charge in [-0.1, -0.05) is 12.1 Å². The predicted molar refractivity (Wildman–Crippen MR) is 103 cm³/mol. The molecule has 0 aliphatic carbocycles. The Morgan fingerprint density at radius 2 is 1.93 bits per heavy atom. The number of aromatic nitrogens is 1. The average molecular weight is 382 g/mol. The number of ether oxygens (including phenoxy) is 2. The van der Waals surface area contributed by atoms with E-state index in [9.17, 15) is 9.59 Å². The minimum absolute atomic E-state index is 0.135. The molecule has 0 saturated carbocycles. The monoisotopic (exact) mass is 382 g/mol. The summed E-state index contributed by atoms with van der Waals surface area (Å²) in [5.41, 5.74) is 2.72. The van der Waals surface area contributed by atoms with E-state index in [1.165, 1.54) is 0 Å². The van der Waals surface area contributed by atoms with Crippen LogP contribution in [0, 0.1) is 0 Å². The van der Waals surface area contributed by atoms with Crippen LogP contribution in [0.15, 0.2) is 46.9 Å². The largest absolute Gasteiger partial charge is 0.497 e. The Morgan fingerprint density at radius 1 is 1.14 bits per heavy atom. The van der Waals surface area contributed by atoms with E-state index in [-0.39, 0.29) is 24.8 Å². The Morgan fingerprint density at radius 3 is 2.64 bits per heavy atom. The predicted octanol–water partition coefficient (Wildman–Crippen LogP) is 3.11. The summed E-state index contributed by atoms with van der Waals surface area (Å²) in [6.45, 7) is 2.29. The number of fused-ring (bicyclic) bond motifs is 1. The van der Waals surface area contributed by atoms with Gasteiger partial charge in [0.1, 0.15) is 11.3 Å². The van der Waals surface area contributed by atoms with Crippen molar-refractivity contribution in [2.24, 2.45) is 0 Å². The molecule has 1 heterocycles. The molecule has 0 radical (unpaired) electrons. The molecule has 0 aliphatic rings. The lowest BCUT2D eigenvalue weighted by Crippen LogP contribution is -2.26. The van der Waals surface area contributed by atoms with Crippen molar-refractivity contribution in [2.45, 2.75) is 19.8 Å². The minimum atomic E-state index is -0.336. The lowest BCUT2D eigenvalue weighted by molar-refractivity contribution is -0.142. The third-order valence-electron chi connectivity index (χ3n) is 4.13. The number of benzene rings is 2. The summed E-state index contributed by atoms with van der Waals surface area (Å²) >= 11 is 0. The first-order valence-electron chi connectivity index (χ1n) is 9.05. The highest BCUT2D eigenvalue weighted by Gasteiger charge is 2.12. The fraction of sp³-hybridized carbons (Fsp3) is 0.286. The first kappa shape index (κ1) is 19.4. The zero-order chi connectivity index (χ0) is 19.9. The van der Waals surface area contributed by atoms with Crippen molar-refractivity contribution in [3.63, 3.8) is 0 Å². The molecule has 7 heteroatoms. The molecule has 2 aromatic carbocycles. The molecule has 28 heavy (non-hydrogen) atoms. The van der Waals surface area contributed by atoms with E-state index < -0.39 is 0 Å². The van der Waals surface area contributed by atoms with Crippen LogP contribution in [0.25, 0.3) is 11.1 Å². The van der Waals surface area contributed by atoms with Crippen molar-refractivity contribution in [1.82, 2.24) is 10.3 Å². The first-order chi connectivity index (χ1) is 13.6. The van der Waals surface area contributed by atoms with Gasteiger partial charge in [0, 0.05) is 18.5 Å². The number of rotatable bonds is 8. The van der Waals surface area contributed by atoms with E-state index in [1.807, 2.05) is 24.3 Å². The SMILES string of the molecule is CCOC(=O)CCNC(=O)c1ccc2nc(Cc3ccc(OC)cc3)oc2c1. The van der Waals surface area contributed by atoms with Gasteiger partial charge in [0.15, 0.2) is 11.5 Å². The van der Waals surface area contributed by atoms with Crippen LogP contribution < -0.4 is 10.1 Å². The molecule has 0 atom stereocenters. The molecule has 7 nitrogen and oxygen atoms in total. The van der Waals surface area contributed by atoms with E-state index >= 15 is 0 Å². The maximum Gasteiger partial charge on any atom is 0.307 e. The molecule has 3 aromatic rings. The topological polar surface area (TPSA) is 90.7 Å². The van der Waals surface area contributed by atoms with Crippen molar-refractivity contribution < 1.29 is 23.5 Å². The number of hydrogen-bond donors (Lipinski definition) is 1. The van der Waals surface area contributed by atoms with Crippen molar-refractivity contribution in [1.29, 1.82) is 0 Å². The molecule has 0 bridgehead atoms. The zero-order valence-electron chi connectivity index (χ0n) is 15.9. The van der Waals surface area contributed by atoms with E-state index in [4.69, 9.17) is 13.9 Å². The first-order valence-corrected chi connectivity index (χ1v) is 9.05. The molecule has 146 valence electrons. The Hall–Kier alpha value is -3.35. The third-order valence-corrected chi connectivity index (χ3v) is 4.13. The maximum atomic E-state index is 12.2. The van der Waals surface area contributed by atoms with Gasteiger partial charge in [-0.3, -0.25) is 9.59 Å². The molecule has 3 rings (SSSR count). The Kier molecular flexibility index (Phi) is 6.26. The Balaban J connectivity index is 1.64. The fourth-order valence-electron chi connectivity index (χ4n) is 2.72. The summed E-state index contributed by atoms with van der Waals surface area (Å²) in [6.07, 6.45) is 0.676. The van der Waals surface area contributed by atoms with Crippen molar-refractivity contribution >= 4 is 23.0 Å². The van der Waals surface area contributed by atoms with E-state index in [0.717, 1.165) is 11.3 Å². The molecular formula is C21H22N2O5. The number of nitrogens with zero attached hydrogens (tertiary/aromatic N) is 1. The van der Waals surface area contributed by atoms with Gasteiger partial charge < -0.3 is 19.2 Å². The number of methoxy groups -OCH3 is 1. The van der Waals surface area contributed by atoms with Gasteiger partial charge in [0.25, 0.3) is 5.91 Å². The standard InChI is InChI=1S/C21H22N2O5/c1-3-27-20(24)10-11-22-21(25)15-6-9-17-18(13-15)28-19(23-17)12-14-4-7-16(26-2)8-5-14/h4-9,13H,3,10-12H2,1-2H3,(H,22,25). The lowest BCUT2D eigenvalue weighted by Gasteiger charge is -2.05. The van der Waals surface area contributed by atoms with Crippen molar-refractivity contribution in [2.75, 3.05) is 20.3 Å². The highest BCUT2D eigenvalue weighted by Crippen LogP contribution is 2.20. The van der Waals surface area contributed by atoms with Crippen LogP contribution in [0.3, 0.4) is 0 Å². The summed E-state index contributed by atoms with van der Waals surface area (Å²) in [6, 6.07) is 12.8. The van der Waals surface area contributed by atoms with Gasteiger partial charge in [-0.15, -0.1) is 0 Å². The highest BCUT2D eigenvalue weighted by atomic mass is 16.5. The van der Waals surface area contributed by atoms with Crippen LogP contribution in [-0.4, -0.2) is 37.1 Å². The normalized spacial score (nSPS) is 10.6. The molecule has 0 fully saturated rings. The van der Waals surface area contributed by atoms with Crippen LogP contribution in [0.1, 0.15) is 35.2 Å². The maximum absolute atomic E-state index is 12.2. The number of carbonyl (C=O) groups excluding carboxylic acids is 2. The number of nitrogens with one attached hydrogen (secondary N) is 1. The van der Waals surface area contributed by atoms with Gasteiger partial charge in [-0.05, 0) is 42.8 Å². The molecule has 0 unspecified atom stereocenters. The van der Waals surface area contributed by atoms with Gasteiger partial charge in [0.05, 0.1) is 20.1 Å². The summed E-state index contributed by atoms with van der Waals surface area (Å²) in [5.74, 6) is 0.746. The van der Waals surface area contributed by atoms with Gasteiger partial charge in [-0.2, -0.15) is 0 Å². The van der Waals surface area contributed by atoms with Crippen LogP contribution in [-0.2, 0) is 16.0 Å². The summed E-state index contributed by atoms with van der Waals surface area (Å²) in [7, 11) is 1.63. The molecule has 0 spiro atoms. The second kappa shape index (κ2) is 9.03. The van der Waals surface area contributed by atoms with Crippen molar-refractivity contribution in [3.05, 3.63) is 59.5 Å². The second-order valence-corrected chi connectivity index (χ2v) is 6.13. The van der Waals surface area contributed by atoms with Crippen LogP contribution in [0.2, 0.25) is 0 Å². The van der Waals surface area contributed by atoms with E-state index in [0.29, 0.717) is 35.6 Å². The highest BCUT2D eigenvalue weighted by molar-refractivity contribution is 5.97. The summed E-state index contributed by atoms with van der Waals surface area (Å²) < 4.78 is 15.8. The van der Waals surface area contributed by atoms with Crippen LogP contribution >= 0.6 is 0 Å². The van der Waals surface area contributed by atoms with E-state index in [2.05, 4.69) is 10.3 Å². The van der Waals surface area contributed by atoms with Crippen molar-refractivity contribution in [3.8, 4) is 5.75 Å². The smallest absolute Gasteiger partial charge is 0.307 e. The summed E-state index contributed by atoms with van der Waals surface area (Å²) in [5, 5.41) is 2.70. The van der Waals surface area contributed by atoms with Crippen LogP contribution in [0.5, 0.6) is 5.75 Å². The number of hydrogen-bond acceptors (Lipinski definition) is 6. The number of carbonyl (C=O) groups is 2. The Labute approximate surface area is 162 Å². The third kappa shape index (κ3) is 4.88. The average Bonchev–Trinajstić information content (AvgIpc) is 3.10. The van der Waals surface area contributed by atoms with Gasteiger partial charge in [0.2, 0.25) is 0 Å². The second-order valence-electron chi connectivity index (χ2n) is 6.13. The summed E-state index contributed by atoms with van der Waals surface area (Å²) in [4.78, 5) is 28.0.